The molecule has 1 heterocycles. The number of para-hydroxylation sites is 1. The average Bonchev–Trinajstić information content (AvgIpc) is 2.35. The van der Waals surface area contributed by atoms with Gasteiger partial charge in [-0.05, 0) is 35.1 Å². The molecule has 2 aromatic rings. The first-order chi connectivity index (χ1) is 8.26. The fourth-order valence-electron chi connectivity index (χ4n) is 1.80. The number of nitrogens with zero attached hydrogens (tertiary/aromatic N) is 1. The number of nitrogens with one attached hydrogen (secondary N) is 1. The highest BCUT2D eigenvalue weighted by atomic mass is 79.9. The fraction of sp³-hybridized carbons (Fsp3) is 0.214. The van der Waals surface area contributed by atoms with Gasteiger partial charge in [-0.3, -0.25) is 0 Å². The molecule has 0 radical (unpaired) electrons. The largest absolute Gasteiger partial charge is 0.311 e. The van der Waals surface area contributed by atoms with E-state index in [1.54, 1.807) is 0 Å². The van der Waals surface area contributed by atoms with Gasteiger partial charge >= 0.3 is 0 Å². The molecule has 17 heavy (non-hydrogen) atoms. The lowest BCUT2D eigenvalue weighted by Crippen LogP contribution is -2.17. The highest BCUT2D eigenvalue weighted by Crippen LogP contribution is 2.27. The molecule has 2 rings (SSSR count). The van der Waals surface area contributed by atoms with Crippen LogP contribution in [0.5, 0.6) is 0 Å². The number of aromatic nitrogens is 1. The maximum Gasteiger partial charge on any atom is 0.0732 e. The highest BCUT2D eigenvalue weighted by molar-refractivity contribution is 9.10. The van der Waals surface area contributed by atoms with Crippen LogP contribution in [0.4, 0.5) is 0 Å². The number of terminal acetylenes is 1. The van der Waals surface area contributed by atoms with Crippen LogP contribution in [0.2, 0.25) is 0 Å². The molecule has 0 saturated heterocycles. The summed E-state index contributed by atoms with van der Waals surface area (Å²) < 4.78 is 0.991. The first-order valence-electron chi connectivity index (χ1n) is 5.42. The van der Waals surface area contributed by atoms with Gasteiger partial charge < -0.3 is 5.32 Å². The smallest absolute Gasteiger partial charge is 0.0732 e. The van der Waals surface area contributed by atoms with E-state index in [2.05, 4.69) is 38.2 Å². The van der Waals surface area contributed by atoms with Crippen LogP contribution < -0.4 is 5.32 Å². The maximum atomic E-state index is 5.37. The number of hydrogen-bond acceptors (Lipinski definition) is 2. The van der Waals surface area contributed by atoms with Gasteiger partial charge in [0.05, 0.1) is 17.3 Å². The molecule has 0 aliphatic heterocycles. The second-order valence-electron chi connectivity index (χ2n) is 3.80. The Morgan fingerprint density at radius 1 is 1.47 bits per heavy atom. The Morgan fingerprint density at radius 2 is 2.24 bits per heavy atom. The maximum absolute atomic E-state index is 5.37. The van der Waals surface area contributed by atoms with Crippen LogP contribution in [0, 0.1) is 12.3 Å². The van der Waals surface area contributed by atoms with E-state index in [-0.39, 0.29) is 6.04 Å². The summed E-state index contributed by atoms with van der Waals surface area (Å²) in [5, 5.41) is 4.31. The Morgan fingerprint density at radius 3 is 2.94 bits per heavy atom. The van der Waals surface area contributed by atoms with E-state index in [1.165, 1.54) is 0 Å². The lowest BCUT2D eigenvalue weighted by atomic mass is 10.1. The minimum Gasteiger partial charge on any atom is -0.311 e. The molecular weight excluding hydrogens is 276 g/mol. The second kappa shape index (κ2) is 5.31. The minimum atomic E-state index is 0.0824. The third-order valence-electron chi connectivity index (χ3n) is 2.71. The molecule has 1 atom stereocenters. The van der Waals surface area contributed by atoms with Crippen molar-refractivity contribution in [2.45, 2.75) is 12.5 Å². The van der Waals surface area contributed by atoms with Crippen molar-refractivity contribution in [1.29, 1.82) is 0 Å². The Balaban J connectivity index is 2.53. The van der Waals surface area contributed by atoms with Crippen molar-refractivity contribution in [1.82, 2.24) is 10.3 Å². The molecule has 0 saturated carbocycles. The van der Waals surface area contributed by atoms with Crippen LogP contribution >= 0.6 is 15.9 Å². The fourth-order valence-corrected chi connectivity index (χ4v) is 2.41. The summed E-state index contributed by atoms with van der Waals surface area (Å²) in [4.78, 5) is 4.66. The van der Waals surface area contributed by atoms with Crippen LogP contribution in [0.25, 0.3) is 10.9 Å². The molecule has 1 unspecified atom stereocenters. The van der Waals surface area contributed by atoms with Crippen LogP contribution in [-0.2, 0) is 0 Å². The van der Waals surface area contributed by atoms with Gasteiger partial charge in [0.2, 0.25) is 0 Å². The quantitative estimate of drug-likeness (QED) is 0.877. The van der Waals surface area contributed by atoms with Crippen LogP contribution in [0.1, 0.15) is 18.2 Å². The molecule has 1 aromatic heterocycles. The van der Waals surface area contributed by atoms with Crippen LogP contribution in [0.15, 0.2) is 34.8 Å². The van der Waals surface area contributed by atoms with Crippen molar-refractivity contribution in [2.24, 2.45) is 0 Å². The summed E-state index contributed by atoms with van der Waals surface area (Å²) in [6.45, 7) is 0. The zero-order valence-corrected chi connectivity index (χ0v) is 11.2. The Bertz CT molecular complexity index is 572. The number of pyridine rings is 1. The van der Waals surface area contributed by atoms with E-state index in [1.807, 2.05) is 31.3 Å². The van der Waals surface area contributed by atoms with Crippen LogP contribution in [0.3, 0.4) is 0 Å². The SMILES string of the molecule is C#CCC(NC)c1nc2ccccc2cc1Br. The molecule has 3 heteroatoms. The summed E-state index contributed by atoms with van der Waals surface area (Å²) in [7, 11) is 1.89. The molecule has 0 aliphatic rings. The van der Waals surface area contributed by atoms with Gasteiger partial charge in [-0.1, -0.05) is 18.2 Å². The van der Waals surface area contributed by atoms with Crippen molar-refractivity contribution in [3.8, 4) is 12.3 Å². The van der Waals surface area contributed by atoms with Crippen molar-refractivity contribution < 1.29 is 0 Å². The van der Waals surface area contributed by atoms with E-state index < -0.39 is 0 Å². The van der Waals surface area contributed by atoms with Gasteiger partial charge in [-0.2, -0.15) is 0 Å². The third-order valence-corrected chi connectivity index (χ3v) is 3.34. The standard InChI is InChI=1S/C14H13BrN2/c1-3-6-13(16-2)14-11(15)9-10-7-4-5-8-12(10)17-14/h1,4-5,7-9,13,16H,6H2,2H3. The summed E-state index contributed by atoms with van der Waals surface area (Å²) in [5.41, 5.74) is 1.95. The predicted molar refractivity (Wildman–Crippen MR) is 74.7 cm³/mol. The van der Waals surface area contributed by atoms with Crippen molar-refractivity contribution in [3.63, 3.8) is 0 Å². The monoisotopic (exact) mass is 288 g/mol. The summed E-state index contributed by atoms with van der Waals surface area (Å²) in [5.74, 6) is 2.67. The van der Waals surface area contributed by atoms with Gasteiger partial charge in [0.15, 0.2) is 0 Å². The number of fused-ring (bicyclic) bond motifs is 1. The minimum absolute atomic E-state index is 0.0824. The van der Waals surface area contributed by atoms with Gasteiger partial charge in [-0.15, -0.1) is 12.3 Å². The molecule has 1 aromatic carbocycles. The third kappa shape index (κ3) is 2.49. The number of rotatable bonds is 3. The summed E-state index contributed by atoms with van der Waals surface area (Å²) in [6, 6.07) is 10.2. The zero-order valence-electron chi connectivity index (χ0n) is 9.57. The zero-order chi connectivity index (χ0) is 12.3. The first kappa shape index (κ1) is 12.1. The molecule has 0 spiro atoms. The van der Waals surface area contributed by atoms with Crippen molar-refractivity contribution >= 4 is 26.8 Å². The molecular formula is C14H13BrN2. The Kier molecular flexibility index (Phi) is 3.78. The van der Waals surface area contributed by atoms with Crippen molar-refractivity contribution in [3.05, 3.63) is 40.5 Å². The second-order valence-corrected chi connectivity index (χ2v) is 4.65. The first-order valence-corrected chi connectivity index (χ1v) is 6.21. The van der Waals surface area contributed by atoms with Crippen molar-refractivity contribution in [2.75, 3.05) is 7.05 Å². The van der Waals surface area contributed by atoms with E-state index in [4.69, 9.17) is 6.42 Å². The Labute approximate surface area is 110 Å². The van der Waals surface area contributed by atoms with Gasteiger partial charge in [0.25, 0.3) is 0 Å². The predicted octanol–water partition coefficient (Wildman–Crippen LogP) is 3.28. The summed E-state index contributed by atoms with van der Waals surface area (Å²) in [6.07, 6.45) is 6.00. The molecule has 0 bridgehead atoms. The van der Waals surface area contributed by atoms with Gasteiger partial charge in [-0.25, -0.2) is 4.98 Å². The van der Waals surface area contributed by atoms with E-state index in [0.29, 0.717) is 6.42 Å². The molecule has 0 fully saturated rings. The lowest BCUT2D eigenvalue weighted by Gasteiger charge is -2.15. The topological polar surface area (TPSA) is 24.9 Å². The molecule has 86 valence electrons. The highest BCUT2D eigenvalue weighted by Gasteiger charge is 2.14. The number of hydrogen-bond donors (Lipinski definition) is 1. The van der Waals surface area contributed by atoms with E-state index in [9.17, 15) is 0 Å². The van der Waals surface area contributed by atoms with E-state index >= 15 is 0 Å². The van der Waals surface area contributed by atoms with Gasteiger partial charge in [0.1, 0.15) is 0 Å². The average molecular weight is 289 g/mol. The Hall–Kier alpha value is -1.37. The molecule has 1 N–H and O–H groups in total. The molecule has 0 aliphatic carbocycles. The number of benzene rings is 1. The summed E-state index contributed by atoms with van der Waals surface area (Å²) >= 11 is 3.56. The molecule has 2 nitrogen and oxygen atoms in total. The van der Waals surface area contributed by atoms with E-state index in [0.717, 1.165) is 21.1 Å². The van der Waals surface area contributed by atoms with Gasteiger partial charge in [0, 0.05) is 16.3 Å². The lowest BCUT2D eigenvalue weighted by molar-refractivity contribution is 0.594. The normalized spacial score (nSPS) is 12.3. The number of halogens is 1. The van der Waals surface area contributed by atoms with Crippen LogP contribution in [-0.4, -0.2) is 12.0 Å². The molecule has 0 amide bonds.